The Morgan fingerprint density at radius 1 is 1.57 bits per heavy atom. The summed E-state index contributed by atoms with van der Waals surface area (Å²) in [6.45, 7) is 4.56. The van der Waals surface area contributed by atoms with Crippen LogP contribution in [0.3, 0.4) is 0 Å². The van der Waals surface area contributed by atoms with E-state index in [0.29, 0.717) is 0 Å². The third-order valence-corrected chi connectivity index (χ3v) is 4.70. The molecule has 1 heterocycles. The molecule has 0 bridgehead atoms. The first-order chi connectivity index (χ1) is 9.87. The number of sulfone groups is 1. The van der Waals surface area contributed by atoms with Crippen molar-refractivity contribution >= 4 is 21.6 Å². The van der Waals surface area contributed by atoms with E-state index in [0.717, 1.165) is 0 Å². The molecule has 0 saturated carbocycles. The molecule has 0 aromatic carbocycles. The van der Waals surface area contributed by atoms with Crippen molar-refractivity contribution in [3.05, 3.63) is 23.9 Å². The third-order valence-electron chi connectivity index (χ3n) is 2.71. The number of nitrogens with zero attached hydrogens (tertiary/aromatic N) is 3. The molecule has 1 aromatic heterocycles. The molecular formula is C12H13N5O3S. The fourth-order valence-corrected chi connectivity index (χ4v) is 2.49. The minimum Gasteiger partial charge on any atom is -0.307 e. The van der Waals surface area contributed by atoms with Crippen molar-refractivity contribution in [3.8, 4) is 12.1 Å². The predicted octanol–water partition coefficient (Wildman–Crippen LogP) is 0.275. The average Bonchev–Trinajstić information content (AvgIpc) is 2.80. The molecule has 0 fully saturated rings. The summed E-state index contributed by atoms with van der Waals surface area (Å²) in [5.41, 5.74) is 0.273. The second-order valence-electron chi connectivity index (χ2n) is 4.12. The Morgan fingerprint density at radius 3 is 2.76 bits per heavy atom. The van der Waals surface area contributed by atoms with Crippen molar-refractivity contribution < 1.29 is 13.2 Å². The van der Waals surface area contributed by atoms with Gasteiger partial charge in [-0.05, 0) is 6.92 Å². The number of rotatable bonds is 6. The number of amides is 1. The molecule has 0 aliphatic rings. The molecule has 9 heteroatoms. The normalized spacial score (nSPS) is 12.0. The third kappa shape index (κ3) is 3.68. The van der Waals surface area contributed by atoms with Crippen molar-refractivity contribution in [2.24, 2.45) is 0 Å². The number of anilines is 1. The van der Waals surface area contributed by atoms with E-state index in [1.54, 1.807) is 0 Å². The van der Waals surface area contributed by atoms with Gasteiger partial charge in [0.1, 0.15) is 16.9 Å². The maximum absolute atomic E-state index is 11.9. The Labute approximate surface area is 122 Å². The fraction of sp³-hybridized carbons (Fsp3) is 0.333. The first kappa shape index (κ1) is 16.4. The SMILES string of the molecule is C=CCS(=O)(=O)C(C)C(=O)Nc1n[nH]c(CC#N)c1C#N. The van der Waals surface area contributed by atoms with Crippen LogP contribution in [0.5, 0.6) is 0 Å². The average molecular weight is 307 g/mol. The van der Waals surface area contributed by atoms with Gasteiger partial charge in [-0.25, -0.2) is 8.42 Å². The molecule has 1 rings (SSSR count). The van der Waals surface area contributed by atoms with Crippen LogP contribution in [-0.2, 0) is 21.1 Å². The van der Waals surface area contributed by atoms with Crippen molar-refractivity contribution in [2.75, 3.05) is 11.1 Å². The van der Waals surface area contributed by atoms with E-state index in [-0.39, 0.29) is 29.2 Å². The molecule has 1 unspecified atom stereocenters. The fourth-order valence-electron chi connectivity index (χ4n) is 1.49. The van der Waals surface area contributed by atoms with Gasteiger partial charge in [0.25, 0.3) is 0 Å². The monoisotopic (exact) mass is 307 g/mol. The number of nitrogens with one attached hydrogen (secondary N) is 2. The minimum absolute atomic E-state index is 0.0122. The number of H-pyrrole nitrogens is 1. The Balaban J connectivity index is 2.98. The van der Waals surface area contributed by atoms with E-state index in [2.05, 4.69) is 22.1 Å². The van der Waals surface area contributed by atoms with Crippen LogP contribution < -0.4 is 5.32 Å². The van der Waals surface area contributed by atoms with E-state index < -0.39 is 21.0 Å². The zero-order valence-electron chi connectivity index (χ0n) is 11.3. The highest BCUT2D eigenvalue weighted by molar-refractivity contribution is 7.92. The molecule has 0 aliphatic carbocycles. The Hall–Kier alpha value is -2.65. The van der Waals surface area contributed by atoms with E-state index in [9.17, 15) is 13.2 Å². The minimum atomic E-state index is -3.66. The second-order valence-corrected chi connectivity index (χ2v) is 6.49. The molecule has 21 heavy (non-hydrogen) atoms. The van der Waals surface area contributed by atoms with Gasteiger partial charge in [-0.15, -0.1) is 6.58 Å². The number of carbonyl (C=O) groups is 1. The molecule has 0 saturated heterocycles. The quantitative estimate of drug-likeness (QED) is 0.723. The maximum atomic E-state index is 11.9. The van der Waals surface area contributed by atoms with Crippen LogP contribution in [0.4, 0.5) is 5.82 Å². The lowest BCUT2D eigenvalue weighted by Gasteiger charge is -2.10. The second kappa shape index (κ2) is 6.68. The zero-order valence-corrected chi connectivity index (χ0v) is 12.1. The number of nitriles is 2. The lowest BCUT2D eigenvalue weighted by molar-refractivity contribution is -0.115. The van der Waals surface area contributed by atoms with Crippen LogP contribution in [0, 0.1) is 22.7 Å². The van der Waals surface area contributed by atoms with Crippen molar-refractivity contribution in [1.82, 2.24) is 10.2 Å². The molecule has 1 aromatic rings. The Kier molecular flexibility index (Phi) is 5.22. The highest BCUT2D eigenvalue weighted by Crippen LogP contribution is 2.17. The van der Waals surface area contributed by atoms with Crippen LogP contribution in [-0.4, -0.2) is 35.5 Å². The number of carbonyl (C=O) groups excluding carboxylic acids is 1. The van der Waals surface area contributed by atoms with Crippen LogP contribution >= 0.6 is 0 Å². The van der Waals surface area contributed by atoms with E-state index >= 15 is 0 Å². The standard InChI is InChI=1S/C12H13N5O3S/c1-3-6-21(19,20)8(2)12(18)15-11-9(7-14)10(4-5-13)16-17-11/h3,8H,1,4,6H2,2H3,(H2,15,16,17,18). The van der Waals surface area contributed by atoms with Gasteiger partial charge in [-0.3, -0.25) is 9.89 Å². The van der Waals surface area contributed by atoms with Gasteiger partial charge in [-0.2, -0.15) is 15.6 Å². The first-order valence-corrected chi connectivity index (χ1v) is 7.56. The highest BCUT2D eigenvalue weighted by atomic mass is 32.2. The molecule has 0 radical (unpaired) electrons. The van der Waals surface area contributed by atoms with Gasteiger partial charge >= 0.3 is 0 Å². The maximum Gasteiger partial charge on any atom is 0.243 e. The molecule has 0 aliphatic heterocycles. The van der Waals surface area contributed by atoms with Gasteiger partial charge in [0, 0.05) is 0 Å². The van der Waals surface area contributed by atoms with Crippen LogP contribution in [0.1, 0.15) is 18.2 Å². The van der Waals surface area contributed by atoms with Crippen molar-refractivity contribution in [3.63, 3.8) is 0 Å². The van der Waals surface area contributed by atoms with E-state index in [1.807, 2.05) is 12.1 Å². The summed E-state index contributed by atoms with van der Waals surface area (Å²) in [7, 11) is -3.66. The van der Waals surface area contributed by atoms with Gasteiger partial charge < -0.3 is 5.32 Å². The van der Waals surface area contributed by atoms with E-state index in [1.165, 1.54) is 13.0 Å². The molecule has 110 valence electrons. The molecule has 8 nitrogen and oxygen atoms in total. The molecule has 0 spiro atoms. The number of aromatic amines is 1. The summed E-state index contributed by atoms with van der Waals surface area (Å²) in [5.74, 6) is -1.22. The van der Waals surface area contributed by atoms with Crippen molar-refractivity contribution in [2.45, 2.75) is 18.6 Å². The summed E-state index contributed by atoms with van der Waals surface area (Å²) in [4.78, 5) is 11.9. The Bertz CT molecular complexity index is 736. The van der Waals surface area contributed by atoms with Crippen LogP contribution in [0.2, 0.25) is 0 Å². The Morgan fingerprint density at radius 2 is 2.24 bits per heavy atom. The number of aromatic nitrogens is 2. The summed E-state index contributed by atoms with van der Waals surface area (Å²) in [6.07, 6.45) is 1.12. The smallest absolute Gasteiger partial charge is 0.243 e. The van der Waals surface area contributed by atoms with Gasteiger partial charge in [-0.1, -0.05) is 6.08 Å². The summed E-state index contributed by atoms with van der Waals surface area (Å²) in [5, 5.41) is 24.7. The zero-order chi connectivity index (χ0) is 16.0. The lowest BCUT2D eigenvalue weighted by atomic mass is 10.2. The largest absolute Gasteiger partial charge is 0.307 e. The van der Waals surface area contributed by atoms with Crippen molar-refractivity contribution in [1.29, 1.82) is 10.5 Å². The molecule has 1 atom stereocenters. The predicted molar refractivity (Wildman–Crippen MR) is 74.7 cm³/mol. The van der Waals surface area contributed by atoms with Gasteiger partial charge in [0.05, 0.1) is 23.9 Å². The summed E-state index contributed by atoms with van der Waals surface area (Å²) < 4.78 is 23.5. The number of hydrogen-bond donors (Lipinski definition) is 2. The topological polar surface area (TPSA) is 139 Å². The van der Waals surface area contributed by atoms with E-state index in [4.69, 9.17) is 10.5 Å². The number of hydrogen-bond acceptors (Lipinski definition) is 6. The highest BCUT2D eigenvalue weighted by Gasteiger charge is 2.28. The van der Waals surface area contributed by atoms with Crippen LogP contribution in [0.15, 0.2) is 12.7 Å². The van der Waals surface area contributed by atoms with Gasteiger partial charge in [0.2, 0.25) is 5.91 Å². The first-order valence-electron chi connectivity index (χ1n) is 5.85. The summed E-state index contributed by atoms with van der Waals surface area (Å²) >= 11 is 0. The van der Waals surface area contributed by atoms with Crippen LogP contribution in [0.25, 0.3) is 0 Å². The van der Waals surface area contributed by atoms with Gasteiger partial charge in [0.15, 0.2) is 15.7 Å². The molecular weight excluding hydrogens is 294 g/mol. The molecule has 1 amide bonds. The lowest BCUT2D eigenvalue weighted by Crippen LogP contribution is -2.34. The summed E-state index contributed by atoms with van der Waals surface area (Å²) in [6, 6.07) is 3.66. The molecule has 2 N–H and O–H groups in total.